The number of sulfonamides is 1. The first kappa shape index (κ1) is 20.9. The van der Waals surface area contributed by atoms with Crippen molar-refractivity contribution < 1.29 is 27.5 Å². The molecular weight excluding hydrogens is 420 g/mol. The lowest BCUT2D eigenvalue weighted by Crippen LogP contribution is -2.48. The van der Waals surface area contributed by atoms with Crippen LogP contribution in [0.5, 0.6) is 5.75 Å². The van der Waals surface area contributed by atoms with Crippen molar-refractivity contribution in [3.8, 4) is 5.75 Å². The Kier molecular flexibility index (Phi) is 5.99. The first-order valence-electron chi connectivity index (χ1n) is 8.71. The van der Waals surface area contributed by atoms with Crippen molar-refractivity contribution in [1.29, 1.82) is 0 Å². The number of halogens is 1. The molecule has 1 amide bonds. The molecule has 2 aromatic rings. The summed E-state index contributed by atoms with van der Waals surface area (Å²) < 4.78 is 36.1. The quantitative estimate of drug-likeness (QED) is 0.720. The lowest BCUT2D eigenvalue weighted by Gasteiger charge is -2.34. The van der Waals surface area contributed by atoms with Gasteiger partial charge in [-0.05, 0) is 43.3 Å². The van der Waals surface area contributed by atoms with Crippen LogP contribution in [0.15, 0.2) is 42.5 Å². The summed E-state index contributed by atoms with van der Waals surface area (Å²) in [5.74, 6) is -0.835. The van der Waals surface area contributed by atoms with Gasteiger partial charge in [-0.25, -0.2) is 13.2 Å². The van der Waals surface area contributed by atoms with Crippen molar-refractivity contribution in [3.63, 3.8) is 0 Å². The highest BCUT2D eigenvalue weighted by atomic mass is 35.5. The van der Waals surface area contributed by atoms with E-state index < -0.39 is 28.0 Å². The number of nitrogens with one attached hydrogen (secondary N) is 1. The highest BCUT2D eigenvalue weighted by Gasteiger charge is 2.35. The number of ether oxygens (including phenoxy) is 2. The van der Waals surface area contributed by atoms with E-state index in [-0.39, 0.29) is 30.2 Å². The molecule has 0 aliphatic carbocycles. The van der Waals surface area contributed by atoms with Gasteiger partial charge in [-0.3, -0.25) is 9.10 Å². The lowest BCUT2D eigenvalue weighted by atomic mass is 10.2. The minimum atomic E-state index is -3.67. The number of amides is 1. The second-order valence-electron chi connectivity index (χ2n) is 6.30. The summed E-state index contributed by atoms with van der Waals surface area (Å²) in [6.45, 7) is 1.72. The third-order valence-electron chi connectivity index (χ3n) is 4.12. The molecular formula is C19H19ClN2O6S. The molecule has 29 heavy (non-hydrogen) atoms. The maximum Gasteiger partial charge on any atom is 0.338 e. The molecule has 10 heteroatoms. The molecule has 8 nitrogen and oxygen atoms in total. The Hall–Kier alpha value is -2.78. The molecule has 1 atom stereocenters. The summed E-state index contributed by atoms with van der Waals surface area (Å²) >= 11 is 5.97. The average molecular weight is 439 g/mol. The highest BCUT2D eigenvalue weighted by Crippen LogP contribution is 2.37. The second-order valence-corrected chi connectivity index (χ2v) is 8.65. The van der Waals surface area contributed by atoms with Gasteiger partial charge in [-0.2, -0.15) is 0 Å². The molecule has 1 aliphatic rings. The van der Waals surface area contributed by atoms with Crippen molar-refractivity contribution in [2.24, 2.45) is 0 Å². The van der Waals surface area contributed by atoms with Crippen molar-refractivity contribution in [1.82, 2.24) is 0 Å². The number of carbonyl (C=O) groups excluding carboxylic acids is 2. The molecule has 154 valence electrons. The zero-order chi connectivity index (χ0) is 21.2. The van der Waals surface area contributed by atoms with E-state index >= 15 is 0 Å². The third kappa shape index (κ3) is 4.80. The van der Waals surface area contributed by atoms with Crippen LogP contribution in [0.4, 0.5) is 11.4 Å². The average Bonchev–Trinajstić information content (AvgIpc) is 2.66. The zero-order valence-corrected chi connectivity index (χ0v) is 17.3. The Morgan fingerprint density at radius 3 is 2.72 bits per heavy atom. The number of anilines is 2. The van der Waals surface area contributed by atoms with Gasteiger partial charge in [0.1, 0.15) is 5.75 Å². The molecule has 0 saturated heterocycles. The molecule has 0 bridgehead atoms. The molecule has 3 rings (SSSR count). The Morgan fingerprint density at radius 2 is 2.03 bits per heavy atom. The monoisotopic (exact) mass is 438 g/mol. The molecule has 1 unspecified atom stereocenters. The molecule has 0 fully saturated rings. The zero-order valence-electron chi connectivity index (χ0n) is 15.7. The van der Waals surface area contributed by atoms with Crippen molar-refractivity contribution in [3.05, 3.63) is 53.1 Å². The normalized spacial score (nSPS) is 15.8. The summed E-state index contributed by atoms with van der Waals surface area (Å²) in [5, 5.41) is 2.99. The fraction of sp³-hybridized carbons (Fsp3) is 0.263. The Balaban J connectivity index is 1.82. The molecule has 1 heterocycles. The van der Waals surface area contributed by atoms with Crippen LogP contribution < -0.4 is 14.4 Å². The summed E-state index contributed by atoms with van der Waals surface area (Å²) in [6, 6.07) is 10.8. The van der Waals surface area contributed by atoms with Crippen LogP contribution in [0.3, 0.4) is 0 Å². The fourth-order valence-corrected chi connectivity index (χ4v) is 3.91. The van der Waals surface area contributed by atoms with Gasteiger partial charge in [0.15, 0.2) is 6.10 Å². The van der Waals surface area contributed by atoms with Crippen molar-refractivity contribution in [2.75, 3.05) is 29.0 Å². The molecule has 0 spiro atoms. The van der Waals surface area contributed by atoms with E-state index in [1.807, 2.05) is 0 Å². The van der Waals surface area contributed by atoms with Gasteiger partial charge in [0.05, 0.1) is 30.7 Å². The van der Waals surface area contributed by atoms with Crippen LogP contribution in [0.2, 0.25) is 5.02 Å². The topological polar surface area (TPSA) is 102 Å². The van der Waals surface area contributed by atoms with E-state index in [1.165, 1.54) is 18.2 Å². The van der Waals surface area contributed by atoms with E-state index in [9.17, 15) is 18.0 Å². The predicted octanol–water partition coefficient (Wildman–Crippen LogP) is 2.68. The van der Waals surface area contributed by atoms with E-state index in [2.05, 4.69) is 5.32 Å². The first-order valence-corrected chi connectivity index (χ1v) is 10.9. The van der Waals surface area contributed by atoms with Crippen LogP contribution in [-0.4, -0.2) is 45.8 Å². The molecule has 0 saturated carbocycles. The lowest BCUT2D eigenvalue weighted by molar-refractivity contribution is -0.122. The van der Waals surface area contributed by atoms with Crippen LogP contribution >= 0.6 is 11.6 Å². The number of benzene rings is 2. The van der Waals surface area contributed by atoms with Gasteiger partial charge in [0.2, 0.25) is 10.0 Å². The fourth-order valence-electron chi connectivity index (χ4n) is 2.84. The van der Waals surface area contributed by atoms with E-state index in [4.69, 9.17) is 21.1 Å². The number of hydrogen-bond acceptors (Lipinski definition) is 6. The summed E-state index contributed by atoms with van der Waals surface area (Å²) in [5.41, 5.74) is 0.914. The van der Waals surface area contributed by atoms with E-state index in [1.54, 1.807) is 31.2 Å². The van der Waals surface area contributed by atoms with Gasteiger partial charge in [-0.15, -0.1) is 0 Å². The van der Waals surface area contributed by atoms with Gasteiger partial charge in [0.25, 0.3) is 5.91 Å². The Bertz CT molecular complexity index is 1060. The number of fused-ring (bicyclic) bond motifs is 1. The largest absolute Gasteiger partial charge is 0.476 e. The predicted molar refractivity (Wildman–Crippen MR) is 109 cm³/mol. The van der Waals surface area contributed by atoms with Crippen LogP contribution in [0.1, 0.15) is 17.3 Å². The number of carbonyl (C=O) groups is 2. The summed E-state index contributed by atoms with van der Waals surface area (Å²) in [6.07, 6.45) is -0.0505. The standard InChI is InChI=1S/C19H19ClN2O6S/c1-3-27-19(24)12-5-4-6-14(9-12)21-18(23)17-11-22(29(2,25)26)15-10-13(20)7-8-16(15)28-17/h4-10,17H,3,11H2,1-2H3,(H,21,23). The number of nitrogens with zero attached hydrogens (tertiary/aromatic N) is 1. The van der Waals surface area contributed by atoms with Crippen molar-refractivity contribution in [2.45, 2.75) is 13.0 Å². The molecule has 2 aromatic carbocycles. The van der Waals surface area contributed by atoms with Crippen LogP contribution in [0.25, 0.3) is 0 Å². The summed E-state index contributed by atoms with van der Waals surface area (Å²) in [4.78, 5) is 24.6. The van der Waals surface area contributed by atoms with E-state index in [0.29, 0.717) is 10.7 Å². The Morgan fingerprint density at radius 1 is 1.28 bits per heavy atom. The Labute approximate surface area is 173 Å². The van der Waals surface area contributed by atoms with Crippen molar-refractivity contribution >= 4 is 44.9 Å². The molecule has 1 N–H and O–H groups in total. The minimum Gasteiger partial charge on any atom is -0.476 e. The minimum absolute atomic E-state index is 0.213. The van der Waals surface area contributed by atoms with Gasteiger partial charge >= 0.3 is 5.97 Å². The van der Waals surface area contributed by atoms with Gasteiger partial charge in [-0.1, -0.05) is 17.7 Å². The number of rotatable bonds is 5. The van der Waals surface area contributed by atoms with Crippen LogP contribution in [0, 0.1) is 0 Å². The maximum absolute atomic E-state index is 12.7. The number of hydrogen-bond donors (Lipinski definition) is 1. The first-order chi connectivity index (χ1) is 13.7. The number of esters is 1. The van der Waals surface area contributed by atoms with Gasteiger partial charge in [0, 0.05) is 10.7 Å². The van der Waals surface area contributed by atoms with Crippen LogP contribution in [-0.2, 0) is 19.6 Å². The molecule has 1 aliphatic heterocycles. The highest BCUT2D eigenvalue weighted by molar-refractivity contribution is 7.92. The van der Waals surface area contributed by atoms with Gasteiger partial charge < -0.3 is 14.8 Å². The molecule has 0 aromatic heterocycles. The second kappa shape index (κ2) is 8.30. The summed E-state index contributed by atoms with van der Waals surface area (Å²) in [7, 11) is -3.67. The molecule has 0 radical (unpaired) electrons. The third-order valence-corrected chi connectivity index (χ3v) is 5.51. The SMILES string of the molecule is CCOC(=O)c1cccc(NC(=O)C2CN(S(C)(=O)=O)c3cc(Cl)ccc3O2)c1. The van der Waals surface area contributed by atoms with E-state index in [0.717, 1.165) is 10.6 Å². The smallest absolute Gasteiger partial charge is 0.338 e. The maximum atomic E-state index is 12.7.